The van der Waals surface area contributed by atoms with Crippen molar-refractivity contribution in [1.29, 1.82) is 0 Å². The van der Waals surface area contributed by atoms with Crippen LogP contribution in [0.5, 0.6) is 0 Å². The lowest BCUT2D eigenvalue weighted by Crippen LogP contribution is -2.23. The Bertz CT molecular complexity index is 66.8. The quantitative estimate of drug-likeness (QED) is 0.584. The Labute approximate surface area is 51.5 Å². The Morgan fingerprint density at radius 3 is 2.62 bits per heavy atom. The monoisotopic (exact) mass is 112 g/mol. The van der Waals surface area contributed by atoms with E-state index >= 15 is 0 Å². The van der Waals surface area contributed by atoms with Gasteiger partial charge in [0.1, 0.15) is 0 Å². The molecular formula is C7H14N. The molecule has 0 aliphatic heterocycles. The van der Waals surface area contributed by atoms with Crippen LogP contribution in [0.15, 0.2) is 0 Å². The molecule has 0 aromatic carbocycles. The third-order valence-electron chi connectivity index (χ3n) is 1.76. The van der Waals surface area contributed by atoms with E-state index in [1.54, 1.807) is 0 Å². The third-order valence-corrected chi connectivity index (χ3v) is 1.76. The number of nitrogens with one attached hydrogen (secondary N) is 1. The zero-order chi connectivity index (χ0) is 5.98. The van der Waals surface area contributed by atoms with Gasteiger partial charge in [0.05, 0.1) is 0 Å². The molecule has 1 aliphatic rings. The number of rotatable bonds is 3. The van der Waals surface area contributed by atoms with Gasteiger partial charge in [-0.3, -0.25) is 0 Å². The van der Waals surface area contributed by atoms with E-state index < -0.39 is 0 Å². The molecule has 0 bridgehead atoms. The molecule has 1 rings (SSSR count). The number of hydrogen-bond acceptors (Lipinski definition) is 1. The molecule has 0 heterocycles. The van der Waals surface area contributed by atoms with E-state index in [-0.39, 0.29) is 0 Å². The Hall–Kier alpha value is -0.0400. The molecule has 1 nitrogen and oxygen atoms in total. The zero-order valence-electron chi connectivity index (χ0n) is 5.65. The fourth-order valence-electron chi connectivity index (χ4n) is 0.995. The van der Waals surface area contributed by atoms with Crippen LogP contribution in [-0.4, -0.2) is 6.04 Å². The largest absolute Gasteiger partial charge is 0.310 e. The van der Waals surface area contributed by atoms with Crippen LogP contribution in [-0.2, 0) is 0 Å². The summed E-state index contributed by atoms with van der Waals surface area (Å²) < 4.78 is 0. The molecule has 1 saturated carbocycles. The second kappa shape index (κ2) is 2.49. The van der Waals surface area contributed by atoms with Gasteiger partial charge >= 0.3 is 0 Å². The first kappa shape index (κ1) is 6.09. The van der Waals surface area contributed by atoms with Crippen molar-refractivity contribution in [2.45, 2.75) is 32.7 Å². The van der Waals surface area contributed by atoms with Crippen molar-refractivity contribution in [2.75, 3.05) is 0 Å². The average Bonchev–Trinajstić information content (AvgIpc) is 2.45. The van der Waals surface area contributed by atoms with Gasteiger partial charge in [-0.2, -0.15) is 0 Å². The molecule has 0 aromatic rings. The van der Waals surface area contributed by atoms with Gasteiger partial charge in [0.25, 0.3) is 0 Å². The average molecular weight is 112 g/mol. The first-order valence-corrected chi connectivity index (χ1v) is 3.38. The van der Waals surface area contributed by atoms with Crippen LogP contribution in [0.1, 0.15) is 26.7 Å². The van der Waals surface area contributed by atoms with E-state index in [0.29, 0.717) is 0 Å². The fourth-order valence-corrected chi connectivity index (χ4v) is 0.995. The maximum absolute atomic E-state index is 3.28. The van der Waals surface area contributed by atoms with Gasteiger partial charge in [-0.05, 0) is 32.6 Å². The van der Waals surface area contributed by atoms with Gasteiger partial charge in [-0.15, -0.1) is 0 Å². The van der Waals surface area contributed by atoms with Crippen LogP contribution < -0.4 is 5.32 Å². The molecule has 8 heavy (non-hydrogen) atoms. The molecule has 0 saturated heterocycles. The van der Waals surface area contributed by atoms with Crippen LogP contribution in [0.25, 0.3) is 0 Å². The summed E-state index contributed by atoms with van der Waals surface area (Å²) in [6, 6.07) is 0.722. The minimum Gasteiger partial charge on any atom is -0.310 e. The normalized spacial score (nSPS) is 23.2. The van der Waals surface area contributed by atoms with Crippen LogP contribution in [0.2, 0.25) is 0 Å². The summed E-state index contributed by atoms with van der Waals surface area (Å²) in [4.78, 5) is 0. The highest BCUT2D eigenvalue weighted by Gasteiger charge is 2.26. The molecule has 1 unspecified atom stereocenters. The van der Waals surface area contributed by atoms with Gasteiger partial charge < -0.3 is 5.32 Å². The van der Waals surface area contributed by atoms with E-state index in [0.717, 1.165) is 12.0 Å². The minimum atomic E-state index is 0.722. The smallest absolute Gasteiger partial charge is 0.0192 e. The van der Waals surface area contributed by atoms with E-state index in [1.165, 1.54) is 12.8 Å². The summed E-state index contributed by atoms with van der Waals surface area (Å²) >= 11 is 0. The Morgan fingerprint density at radius 1 is 1.62 bits per heavy atom. The van der Waals surface area contributed by atoms with Crippen molar-refractivity contribution in [3.8, 4) is 0 Å². The SMILES string of the molecule is C[CH]NC(C)C1CC1. The molecule has 47 valence electrons. The summed E-state index contributed by atoms with van der Waals surface area (Å²) in [5.41, 5.74) is 0. The highest BCUT2D eigenvalue weighted by atomic mass is 14.9. The molecule has 1 heteroatoms. The molecule has 0 spiro atoms. The van der Waals surface area contributed by atoms with Crippen molar-refractivity contribution < 1.29 is 0 Å². The maximum atomic E-state index is 3.28. The first-order chi connectivity index (χ1) is 3.84. The highest BCUT2D eigenvalue weighted by Crippen LogP contribution is 2.32. The van der Waals surface area contributed by atoms with Crippen molar-refractivity contribution in [1.82, 2.24) is 5.32 Å². The molecule has 1 fully saturated rings. The van der Waals surface area contributed by atoms with E-state index in [4.69, 9.17) is 0 Å². The van der Waals surface area contributed by atoms with Crippen LogP contribution in [0.3, 0.4) is 0 Å². The van der Waals surface area contributed by atoms with Crippen LogP contribution in [0, 0.1) is 12.5 Å². The first-order valence-electron chi connectivity index (χ1n) is 3.38. The van der Waals surface area contributed by atoms with Gasteiger partial charge in [-0.1, -0.05) is 0 Å². The summed E-state index contributed by atoms with van der Waals surface area (Å²) in [5, 5.41) is 3.28. The van der Waals surface area contributed by atoms with Crippen molar-refractivity contribution in [3.05, 3.63) is 6.54 Å². The Kier molecular flexibility index (Phi) is 1.90. The summed E-state index contributed by atoms with van der Waals surface area (Å²) in [7, 11) is 0. The lowest BCUT2D eigenvalue weighted by molar-refractivity contribution is 0.545. The number of hydrogen-bond donors (Lipinski definition) is 1. The maximum Gasteiger partial charge on any atom is 0.0192 e. The molecule has 1 aliphatic carbocycles. The van der Waals surface area contributed by atoms with Gasteiger partial charge in [0, 0.05) is 12.6 Å². The van der Waals surface area contributed by atoms with Crippen molar-refractivity contribution in [3.63, 3.8) is 0 Å². The standard InChI is InChI=1S/C7H14N/c1-3-8-6(2)7-4-5-7/h3,6-8H,4-5H2,1-2H3. The Balaban J connectivity index is 2.03. The lowest BCUT2D eigenvalue weighted by atomic mass is 10.2. The predicted octanol–water partition coefficient (Wildman–Crippen LogP) is 1.56. The summed E-state index contributed by atoms with van der Waals surface area (Å²) in [6.07, 6.45) is 2.87. The topological polar surface area (TPSA) is 12.0 Å². The summed E-state index contributed by atoms with van der Waals surface area (Å²) in [6.45, 7) is 6.32. The van der Waals surface area contributed by atoms with Crippen LogP contribution >= 0.6 is 0 Å². The summed E-state index contributed by atoms with van der Waals surface area (Å²) in [5.74, 6) is 0.978. The van der Waals surface area contributed by atoms with E-state index in [1.807, 2.05) is 13.5 Å². The van der Waals surface area contributed by atoms with Gasteiger partial charge in [0.15, 0.2) is 0 Å². The van der Waals surface area contributed by atoms with E-state index in [9.17, 15) is 0 Å². The molecule has 1 N–H and O–H groups in total. The Morgan fingerprint density at radius 2 is 2.25 bits per heavy atom. The van der Waals surface area contributed by atoms with Crippen molar-refractivity contribution >= 4 is 0 Å². The van der Waals surface area contributed by atoms with Gasteiger partial charge in [0.2, 0.25) is 0 Å². The van der Waals surface area contributed by atoms with Crippen LogP contribution in [0.4, 0.5) is 0 Å². The van der Waals surface area contributed by atoms with Gasteiger partial charge in [-0.25, -0.2) is 0 Å². The molecule has 1 radical (unpaired) electrons. The second-order valence-electron chi connectivity index (χ2n) is 2.58. The zero-order valence-corrected chi connectivity index (χ0v) is 5.65. The van der Waals surface area contributed by atoms with E-state index in [2.05, 4.69) is 12.2 Å². The molecular weight excluding hydrogens is 98.1 g/mol. The predicted molar refractivity (Wildman–Crippen MR) is 35.3 cm³/mol. The minimum absolute atomic E-state index is 0.722. The molecule has 0 aromatic heterocycles. The fraction of sp³-hybridized carbons (Fsp3) is 0.857. The third kappa shape index (κ3) is 1.48. The second-order valence-corrected chi connectivity index (χ2v) is 2.58. The molecule has 0 amide bonds. The lowest BCUT2D eigenvalue weighted by Gasteiger charge is -2.08. The highest BCUT2D eigenvalue weighted by molar-refractivity contribution is 4.84. The van der Waals surface area contributed by atoms with Crippen molar-refractivity contribution in [2.24, 2.45) is 5.92 Å². The molecule has 1 atom stereocenters.